The minimum absolute atomic E-state index is 0.00759. The maximum atomic E-state index is 13.7. The van der Waals surface area contributed by atoms with E-state index < -0.39 is 29.5 Å². The Hall–Kier alpha value is -1.67. The first-order chi connectivity index (χ1) is 14.3. The predicted molar refractivity (Wildman–Crippen MR) is 111 cm³/mol. The molecule has 2 bridgehead atoms. The first-order valence-corrected chi connectivity index (χ1v) is 11.4. The number of rotatable bonds is 9. The molecule has 3 rings (SSSR count). The molecule has 3 aliphatic heterocycles. The number of hydrogen-bond acceptors (Lipinski definition) is 5. The summed E-state index contributed by atoms with van der Waals surface area (Å²) in [5, 5.41) is 15.9. The van der Waals surface area contributed by atoms with Gasteiger partial charge in [-0.25, -0.2) is 0 Å². The number of fused-ring (bicyclic) bond motifs is 1. The molecule has 3 N–H and O–H groups in total. The van der Waals surface area contributed by atoms with E-state index in [9.17, 15) is 19.5 Å². The second-order valence-corrected chi connectivity index (χ2v) is 9.25. The fourth-order valence-electron chi connectivity index (χ4n) is 5.86. The summed E-state index contributed by atoms with van der Waals surface area (Å²) >= 11 is 0. The summed E-state index contributed by atoms with van der Waals surface area (Å²) in [6.07, 6.45) is 3.40. The third kappa shape index (κ3) is 3.42. The lowest BCUT2D eigenvalue weighted by molar-refractivity contribution is -0.147. The molecule has 8 heteroatoms. The van der Waals surface area contributed by atoms with Crippen LogP contribution in [0.1, 0.15) is 59.8 Å². The zero-order valence-electron chi connectivity index (χ0n) is 18.8. The summed E-state index contributed by atoms with van der Waals surface area (Å²) in [5.41, 5.74) is -1.00. The lowest BCUT2D eigenvalue weighted by atomic mass is 9.70. The second-order valence-electron chi connectivity index (χ2n) is 9.25. The second kappa shape index (κ2) is 8.83. The van der Waals surface area contributed by atoms with Gasteiger partial charge in [0.2, 0.25) is 17.7 Å². The van der Waals surface area contributed by atoms with Crippen LogP contribution < -0.4 is 10.6 Å². The number of carbonyl (C=O) groups excluding carboxylic acids is 3. The quantitative estimate of drug-likeness (QED) is 0.509. The largest absolute Gasteiger partial charge is 0.394 e. The van der Waals surface area contributed by atoms with Crippen LogP contribution >= 0.6 is 0 Å². The van der Waals surface area contributed by atoms with Crippen LogP contribution in [-0.4, -0.2) is 71.2 Å². The summed E-state index contributed by atoms with van der Waals surface area (Å²) < 4.78 is 6.34. The number of carbonyl (C=O) groups is 3. The number of hydrogen-bond donors (Lipinski definition) is 3. The predicted octanol–water partition coefficient (Wildman–Crippen LogP) is 0.819. The number of nitrogens with zero attached hydrogens (tertiary/aromatic N) is 1. The van der Waals surface area contributed by atoms with E-state index in [1.807, 2.05) is 20.8 Å². The number of likely N-dealkylation sites (tertiary alicyclic amines) is 1. The number of amides is 3. The third-order valence-electron chi connectivity index (χ3n) is 7.49. The van der Waals surface area contributed by atoms with Gasteiger partial charge in [-0.05, 0) is 32.1 Å². The Morgan fingerprint density at radius 3 is 2.57 bits per heavy atom. The Labute approximate surface area is 179 Å². The highest BCUT2D eigenvalue weighted by molar-refractivity contribution is 5.99. The summed E-state index contributed by atoms with van der Waals surface area (Å²) in [7, 11) is 1.56. The highest BCUT2D eigenvalue weighted by Gasteiger charge is 2.75. The van der Waals surface area contributed by atoms with Gasteiger partial charge < -0.3 is 25.4 Å². The number of aliphatic hydroxyl groups excluding tert-OH is 1. The summed E-state index contributed by atoms with van der Waals surface area (Å²) in [5.74, 6) is -1.98. The van der Waals surface area contributed by atoms with Crippen LogP contribution in [-0.2, 0) is 19.1 Å². The highest BCUT2D eigenvalue weighted by atomic mass is 16.5. The van der Waals surface area contributed by atoms with Crippen LogP contribution in [0.15, 0.2) is 0 Å². The zero-order chi connectivity index (χ0) is 22.2. The topological polar surface area (TPSA) is 108 Å². The van der Waals surface area contributed by atoms with Crippen molar-refractivity contribution in [2.75, 3.05) is 13.7 Å². The molecule has 0 aromatic carbocycles. The average molecular weight is 424 g/mol. The fourth-order valence-corrected chi connectivity index (χ4v) is 5.86. The number of aliphatic hydroxyl groups is 1. The van der Waals surface area contributed by atoms with Crippen molar-refractivity contribution in [3.8, 4) is 0 Å². The van der Waals surface area contributed by atoms with E-state index in [2.05, 4.69) is 17.6 Å². The maximum absolute atomic E-state index is 13.7. The van der Waals surface area contributed by atoms with Gasteiger partial charge >= 0.3 is 0 Å². The van der Waals surface area contributed by atoms with Crippen LogP contribution in [0.3, 0.4) is 0 Å². The molecule has 0 saturated carbocycles. The minimum atomic E-state index is -1.00. The summed E-state index contributed by atoms with van der Waals surface area (Å²) in [6, 6.07) is -1.35. The summed E-state index contributed by atoms with van der Waals surface area (Å²) in [4.78, 5) is 41.5. The van der Waals surface area contributed by atoms with Gasteiger partial charge in [0, 0.05) is 13.1 Å². The van der Waals surface area contributed by atoms with E-state index in [-0.39, 0.29) is 42.4 Å². The molecule has 1 spiro atoms. The van der Waals surface area contributed by atoms with E-state index in [0.29, 0.717) is 12.8 Å². The van der Waals surface area contributed by atoms with Crippen LogP contribution in [0.5, 0.6) is 0 Å². The van der Waals surface area contributed by atoms with Crippen molar-refractivity contribution in [1.82, 2.24) is 15.5 Å². The van der Waals surface area contributed by atoms with E-state index in [1.165, 1.54) is 0 Å². The lowest BCUT2D eigenvalue weighted by Crippen LogP contribution is -2.60. The van der Waals surface area contributed by atoms with E-state index >= 15 is 0 Å². The van der Waals surface area contributed by atoms with Crippen LogP contribution in [0.4, 0.5) is 0 Å². The molecule has 8 atom stereocenters. The van der Waals surface area contributed by atoms with Gasteiger partial charge in [0.25, 0.3) is 0 Å². The van der Waals surface area contributed by atoms with Gasteiger partial charge in [-0.2, -0.15) is 0 Å². The summed E-state index contributed by atoms with van der Waals surface area (Å²) in [6.45, 7) is 7.76. The van der Waals surface area contributed by atoms with E-state index in [1.54, 1.807) is 11.9 Å². The molecule has 0 aliphatic carbocycles. The Morgan fingerprint density at radius 1 is 1.30 bits per heavy atom. The van der Waals surface area contributed by atoms with Crippen molar-refractivity contribution >= 4 is 17.7 Å². The monoisotopic (exact) mass is 423 g/mol. The molecule has 170 valence electrons. The molecule has 3 aliphatic rings. The maximum Gasteiger partial charge on any atom is 0.246 e. The van der Waals surface area contributed by atoms with E-state index in [4.69, 9.17) is 4.74 Å². The molecule has 3 unspecified atom stereocenters. The Morgan fingerprint density at radius 2 is 2.00 bits per heavy atom. The molecule has 3 fully saturated rings. The molecule has 8 nitrogen and oxygen atoms in total. The first-order valence-electron chi connectivity index (χ1n) is 11.4. The van der Waals surface area contributed by atoms with E-state index in [0.717, 1.165) is 19.3 Å². The Balaban J connectivity index is 2.04. The standard InChI is InChI=1S/C22H37N3O5/c1-6-8-13(4)24-20(28)18-22-10-9-15(30-22)16(19(27)23-5)17(22)21(29)25(18)14(11-26)12(3)7-2/h12-18,26H,6-11H2,1-5H3,(H,23,27)(H,24,28)/t12-,13?,14-,15+,16-,17-,18?,22?/m0/s1. The number of ether oxygens (including phenoxy) is 1. The molecule has 0 aromatic heterocycles. The first kappa shape index (κ1) is 23.0. The number of nitrogens with one attached hydrogen (secondary N) is 2. The van der Waals surface area contributed by atoms with Crippen molar-refractivity contribution in [3.05, 3.63) is 0 Å². The van der Waals surface area contributed by atoms with Crippen LogP contribution in [0, 0.1) is 17.8 Å². The van der Waals surface area contributed by atoms with Gasteiger partial charge in [-0.15, -0.1) is 0 Å². The van der Waals surface area contributed by atoms with Crippen molar-refractivity contribution in [3.63, 3.8) is 0 Å². The van der Waals surface area contributed by atoms with Gasteiger partial charge in [0.1, 0.15) is 11.6 Å². The van der Waals surface area contributed by atoms with Crippen LogP contribution in [0.2, 0.25) is 0 Å². The van der Waals surface area contributed by atoms with Crippen molar-refractivity contribution in [2.24, 2.45) is 17.8 Å². The zero-order valence-corrected chi connectivity index (χ0v) is 18.8. The van der Waals surface area contributed by atoms with Crippen molar-refractivity contribution < 1.29 is 24.2 Å². The fraction of sp³-hybridized carbons (Fsp3) is 0.864. The molecular weight excluding hydrogens is 386 g/mol. The minimum Gasteiger partial charge on any atom is -0.394 e. The molecular formula is C22H37N3O5. The smallest absolute Gasteiger partial charge is 0.246 e. The highest BCUT2D eigenvalue weighted by Crippen LogP contribution is 2.59. The third-order valence-corrected chi connectivity index (χ3v) is 7.49. The SMILES string of the molecule is CCCC(C)NC(=O)C1N([C@@H](CO)[C@@H](C)CC)C(=O)[C@@H]2[C@@H](C(=O)NC)[C@H]3CCC12O3. The van der Waals surface area contributed by atoms with Gasteiger partial charge in [-0.3, -0.25) is 14.4 Å². The average Bonchev–Trinajstić information content (AvgIpc) is 3.35. The van der Waals surface area contributed by atoms with Gasteiger partial charge in [-0.1, -0.05) is 33.6 Å². The molecule has 3 heterocycles. The Bertz CT molecular complexity index is 686. The molecule has 3 saturated heterocycles. The Kier molecular flexibility index (Phi) is 6.77. The van der Waals surface area contributed by atoms with Crippen molar-refractivity contribution in [1.29, 1.82) is 0 Å². The lowest BCUT2D eigenvalue weighted by Gasteiger charge is -2.39. The molecule has 0 radical (unpaired) electrons. The van der Waals surface area contributed by atoms with Gasteiger partial charge in [0.15, 0.2) is 0 Å². The molecule has 0 aromatic rings. The molecule has 30 heavy (non-hydrogen) atoms. The van der Waals surface area contributed by atoms with Crippen LogP contribution in [0.25, 0.3) is 0 Å². The van der Waals surface area contributed by atoms with Gasteiger partial charge in [0.05, 0.1) is 30.6 Å². The molecule has 3 amide bonds. The normalized spacial score (nSPS) is 35.1. The van der Waals surface area contributed by atoms with Crippen molar-refractivity contribution in [2.45, 2.75) is 89.6 Å².